The molecule has 4 nitrogen and oxygen atoms in total. The van der Waals surface area contributed by atoms with Gasteiger partial charge in [-0.2, -0.15) is 4.98 Å². The maximum Gasteiger partial charge on any atom is 0.259 e. The molecule has 0 aliphatic heterocycles. The Bertz CT molecular complexity index is 470. The number of hydrogen-bond acceptors (Lipinski definition) is 5. The molecule has 0 atom stereocenters. The van der Waals surface area contributed by atoms with Gasteiger partial charge in [0.1, 0.15) is 0 Å². The molecular formula is C11H13N3OS. The summed E-state index contributed by atoms with van der Waals surface area (Å²) in [6.45, 7) is 0.616. The van der Waals surface area contributed by atoms with E-state index >= 15 is 0 Å². The molecule has 0 saturated carbocycles. The van der Waals surface area contributed by atoms with Crippen LogP contribution in [0.25, 0.3) is 11.5 Å². The number of thioether (sulfide) groups is 1. The quantitative estimate of drug-likeness (QED) is 0.823. The number of aromatic nitrogens is 2. The number of benzene rings is 1. The van der Waals surface area contributed by atoms with Gasteiger partial charge in [-0.15, -0.1) is 11.8 Å². The van der Waals surface area contributed by atoms with Crippen molar-refractivity contribution in [2.45, 2.75) is 11.4 Å². The molecular weight excluding hydrogens is 222 g/mol. The molecule has 1 heterocycles. The van der Waals surface area contributed by atoms with Crippen molar-refractivity contribution in [3.8, 4) is 11.5 Å². The van der Waals surface area contributed by atoms with Gasteiger partial charge in [0.25, 0.3) is 5.89 Å². The van der Waals surface area contributed by atoms with Gasteiger partial charge < -0.3 is 9.84 Å². The Labute approximate surface area is 98.4 Å². The Morgan fingerprint density at radius 3 is 2.94 bits per heavy atom. The first-order valence-electron chi connectivity index (χ1n) is 4.95. The SMILES string of the molecule is CNCc1noc(-c2ccccc2SC)n1. The molecule has 0 amide bonds. The molecule has 0 saturated heterocycles. The van der Waals surface area contributed by atoms with Crippen LogP contribution in [0.15, 0.2) is 33.7 Å². The van der Waals surface area contributed by atoms with Crippen LogP contribution >= 0.6 is 11.8 Å². The second-order valence-electron chi connectivity index (χ2n) is 3.25. The van der Waals surface area contributed by atoms with Crippen LogP contribution in [-0.2, 0) is 6.54 Å². The zero-order valence-electron chi connectivity index (χ0n) is 9.23. The van der Waals surface area contributed by atoms with Crippen molar-refractivity contribution in [2.24, 2.45) is 0 Å². The smallest absolute Gasteiger partial charge is 0.259 e. The van der Waals surface area contributed by atoms with Gasteiger partial charge in [-0.25, -0.2) is 0 Å². The van der Waals surface area contributed by atoms with Gasteiger partial charge in [0.15, 0.2) is 5.82 Å². The van der Waals surface area contributed by atoms with Gasteiger partial charge in [-0.1, -0.05) is 17.3 Å². The maximum absolute atomic E-state index is 5.23. The minimum absolute atomic E-state index is 0.579. The highest BCUT2D eigenvalue weighted by Crippen LogP contribution is 2.28. The third kappa shape index (κ3) is 2.25. The van der Waals surface area contributed by atoms with E-state index in [0.717, 1.165) is 10.5 Å². The third-order valence-corrected chi connectivity index (χ3v) is 2.94. The van der Waals surface area contributed by atoms with E-state index in [1.54, 1.807) is 11.8 Å². The predicted molar refractivity (Wildman–Crippen MR) is 64.3 cm³/mol. The minimum Gasteiger partial charge on any atom is -0.334 e. The molecule has 1 aromatic carbocycles. The highest BCUT2D eigenvalue weighted by Gasteiger charge is 2.11. The summed E-state index contributed by atoms with van der Waals surface area (Å²) in [5.74, 6) is 1.25. The average Bonchev–Trinajstić information content (AvgIpc) is 2.78. The Balaban J connectivity index is 2.34. The fourth-order valence-electron chi connectivity index (χ4n) is 1.41. The predicted octanol–water partition coefficient (Wildman–Crippen LogP) is 2.18. The summed E-state index contributed by atoms with van der Waals surface area (Å²) < 4.78 is 5.23. The molecule has 0 aliphatic rings. The average molecular weight is 235 g/mol. The Hall–Kier alpha value is -1.33. The van der Waals surface area contributed by atoms with Crippen LogP contribution in [0.5, 0.6) is 0 Å². The van der Waals surface area contributed by atoms with Crippen molar-refractivity contribution in [3.05, 3.63) is 30.1 Å². The van der Waals surface area contributed by atoms with E-state index in [1.807, 2.05) is 37.6 Å². The number of nitrogens with one attached hydrogen (secondary N) is 1. The summed E-state index contributed by atoms with van der Waals surface area (Å²) in [5.41, 5.74) is 0.991. The van der Waals surface area contributed by atoms with E-state index < -0.39 is 0 Å². The summed E-state index contributed by atoms with van der Waals surface area (Å²) in [4.78, 5) is 5.47. The van der Waals surface area contributed by atoms with Crippen molar-refractivity contribution in [1.29, 1.82) is 0 Å². The van der Waals surface area contributed by atoms with Crippen LogP contribution in [-0.4, -0.2) is 23.4 Å². The second kappa shape index (κ2) is 5.14. The van der Waals surface area contributed by atoms with E-state index in [4.69, 9.17) is 4.52 Å². The molecule has 0 radical (unpaired) electrons. The van der Waals surface area contributed by atoms with Crippen molar-refractivity contribution in [2.75, 3.05) is 13.3 Å². The standard InChI is InChI=1S/C11H13N3OS/c1-12-7-10-13-11(15-14-10)8-5-3-4-6-9(8)16-2/h3-6,12H,7H2,1-2H3. The molecule has 0 spiro atoms. The third-order valence-electron chi connectivity index (χ3n) is 2.14. The highest BCUT2D eigenvalue weighted by atomic mass is 32.2. The number of rotatable bonds is 4. The minimum atomic E-state index is 0.579. The Kier molecular flexibility index (Phi) is 3.58. The first-order chi connectivity index (χ1) is 7.85. The van der Waals surface area contributed by atoms with Crippen LogP contribution in [0.3, 0.4) is 0 Å². The molecule has 0 fully saturated rings. The molecule has 84 valence electrons. The first kappa shape index (κ1) is 11.2. The van der Waals surface area contributed by atoms with Crippen LogP contribution in [0.2, 0.25) is 0 Å². The van der Waals surface area contributed by atoms with Gasteiger partial charge in [0.05, 0.1) is 12.1 Å². The maximum atomic E-state index is 5.23. The highest BCUT2D eigenvalue weighted by molar-refractivity contribution is 7.98. The van der Waals surface area contributed by atoms with E-state index in [2.05, 4.69) is 15.5 Å². The number of nitrogens with zero attached hydrogens (tertiary/aromatic N) is 2. The van der Waals surface area contributed by atoms with Crippen molar-refractivity contribution in [1.82, 2.24) is 15.5 Å². The van der Waals surface area contributed by atoms with Gasteiger partial charge in [0.2, 0.25) is 0 Å². The summed E-state index contributed by atoms with van der Waals surface area (Å²) in [5, 5.41) is 6.89. The van der Waals surface area contributed by atoms with Crippen LogP contribution in [0, 0.1) is 0 Å². The summed E-state index contributed by atoms with van der Waals surface area (Å²) >= 11 is 1.67. The Morgan fingerprint density at radius 2 is 2.19 bits per heavy atom. The van der Waals surface area contributed by atoms with Crippen LogP contribution in [0.1, 0.15) is 5.82 Å². The fraction of sp³-hybridized carbons (Fsp3) is 0.273. The molecule has 0 aliphatic carbocycles. The molecule has 16 heavy (non-hydrogen) atoms. The summed E-state index contributed by atoms with van der Waals surface area (Å²) in [6, 6.07) is 8.00. The van der Waals surface area contributed by atoms with Crippen molar-refractivity contribution < 1.29 is 4.52 Å². The molecule has 1 aromatic heterocycles. The molecule has 1 N–H and O–H groups in total. The lowest BCUT2D eigenvalue weighted by atomic mass is 10.2. The lowest BCUT2D eigenvalue weighted by Crippen LogP contribution is -2.06. The largest absolute Gasteiger partial charge is 0.334 e. The lowest BCUT2D eigenvalue weighted by molar-refractivity contribution is 0.420. The normalized spacial score (nSPS) is 10.6. The first-order valence-corrected chi connectivity index (χ1v) is 6.18. The summed E-state index contributed by atoms with van der Waals surface area (Å²) in [7, 11) is 1.85. The molecule has 0 bridgehead atoms. The van der Waals surface area contributed by atoms with E-state index in [9.17, 15) is 0 Å². The fourth-order valence-corrected chi connectivity index (χ4v) is 2.00. The summed E-state index contributed by atoms with van der Waals surface area (Å²) in [6.07, 6.45) is 2.03. The van der Waals surface area contributed by atoms with Gasteiger partial charge >= 0.3 is 0 Å². The topological polar surface area (TPSA) is 51.0 Å². The molecule has 2 rings (SSSR count). The van der Waals surface area contributed by atoms with Gasteiger partial charge in [0, 0.05) is 4.90 Å². The Morgan fingerprint density at radius 1 is 1.38 bits per heavy atom. The monoisotopic (exact) mass is 235 g/mol. The van der Waals surface area contributed by atoms with Crippen LogP contribution in [0.4, 0.5) is 0 Å². The molecule has 5 heteroatoms. The zero-order valence-corrected chi connectivity index (χ0v) is 10.0. The van der Waals surface area contributed by atoms with Gasteiger partial charge in [-0.05, 0) is 25.4 Å². The zero-order chi connectivity index (χ0) is 11.4. The van der Waals surface area contributed by atoms with Crippen molar-refractivity contribution in [3.63, 3.8) is 0 Å². The van der Waals surface area contributed by atoms with E-state index in [-0.39, 0.29) is 0 Å². The van der Waals surface area contributed by atoms with Gasteiger partial charge in [-0.3, -0.25) is 0 Å². The van der Waals surface area contributed by atoms with Crippen molar-refractivity contribution >= 4 is 11.8 Å². The molecule has 2 aromatic rings. The second-order valence-corrected chi connectivity index (χ2v) is 4.09. The van der Waals surface area contributed by atoms with E-state index in [1.165, 1.54) is 0 Å². The molecule has 0 unspecified atom stereocenters. The van der Waals surface area contributed by atoms with Crippen LogP contribution < -0.4 is 5.32 Å². The van der Waals surface area contributed by atoms with E-state index in [0.29, 0.717) is 18.3 Å². The number of hydrogen-bond donors (Lipinski definition) is 1. The lowest BCUT2D eigenvalue weighted by Gasteiger charge is -2.00.